The van der Waals surface area contributed by atoms with Crippen LogP contribution < -0.4 is 5.32 Å². The molecule has 32 heavy (non-hydrogen) atoms. The highest BCUT2D eigenvalue weighted by atomic mass is 16.1. The Kier molecular flexibility index (Phi) is 5.00. The molecule has 5 rings (SSSR count). The molecule has 1 aliphatic carbocycles. The molecule has 1 unspecified atom stereocenters. The molecule has 1 aliphatic rings. The maximum absolute atomic E-state index is 12.6. The van der Waals surface area contributed by atoms with E-state index >= 15 is 0 Å². The van der Waals surface area contributed by atoms with E-state index in [1.807, 2.05) is 25.1 Å². The summed E-state index contributed by atoms with van der Waals surface area (Å²) < 4.78 is 2.13. The molecule has 6 heteroatoms. The molecule has 0 bridgehead atoms. The molecule has 0 aliphatic heterocycles. The quantitative estimate of drug-likeness (QED) is 0.482. The van der Waals surface area contributed by atoms with Gasteiger partial charge in [0.2, 0.25) is 5.91 Å². The number of nitrogens with zero attached hydrogens (tertiary/aromatic N) is 4. The Bertz CT molecular complexity index is 1400. The van der Waals surface area contributed by atoms with Crippen LogP contribution >= 0.6 is 0 Å². The number of benzene rings is 1. The van der Waals surface area contributed by atoms with Crippen molar-refractivity contribution in [2.75, 3.05) is 5.32 Å². The zero-order chi connectivity index (χ0) is 22.1. The number of hydrogen-bond donors (Lipinski definition) is 1. The third-order valence-electron chi connectivity index (χ3n) is 5.89. The molecule has 3 heterocycles. The van der Waals surface area contributed by atoms with Crippen LogP contribution in [0.25, 0.3) is 17.1 Å². The lowest BCUT2D eigenvalue weighted by Crippen LogP contribution is -2.11. The molecule has 0 fully saturated rings. The molecule has 0 saturated heterocycles. The van der Waals surface area contributed by atoms with Gasteiger partial charge in [-0.25, -0.2) is 4.98 Å². The Hall–Kier alpha value is -4.24. The van der Waals surface area contributed by atoms with Gasteiger partial charge in [0.15, 0.2) is 0 Å². The maximum atomic E-state index is 12.6. The average molecular weight is 419 g/mol. The summed E-state index contributed by atoms with van der Waals surface area (Å²) in [5.41, 5.74) is 6.12. The highest BCUT2D eigenvalue weighted by molar-refractivity contribution is 6.02. The topological polar surface area (TPSA) is 83.6 Å². The van der Waals surface area contributed by atoms with Crippen LogP contribution in [0.4, 0.5) is 5.69 Å². The summed E-state index contributed by atoms with van der Waals surface area (Å²) in [6, 6.07) is 18.1. The van der Waals surface area contributed by atoms with Gasteiger partial charge in [0.25, 0.3) is 0 Å². The van der Waals surface area contributed by atoms with Gasteiger partial charge in [-0.1, -0.05) is 24.3 Å². The lowest BCUT2D eigenvalue weighted by atomic mass is 10.1. The average Bonchev–Trinajstić information content (AvgIpc) is 3.36. The van der Waals surface area contributed by atoms with Crippen LogP contribution in [0.5, 0.6) is 0 Å². The predicted octanol–water partition coefficient (Wildman–Crippen LogP) is 4.80. The van der Waals surface area contributed by atoms with Crippen molar-refractivity contribution in [2.45, 2.75) is 25.8 Å². The summed E-state index contributed by atoms with van der Waals surface area (Å²) >= 11 is 0. The first-order valence-corrected chi connectivity index (χ1v) is 10.5. The van der Waals surface area contributed by atoms with Crippen LogP contribution in [0.2, 0.25) is 0 Å². The van der Waals surface area contributed by atoms with E-state index in [-0.39, 0.29) is 11.9 Å². The largest absolute Gasteiger partial charge is 0.322 e. The van der Waals surface area contributed by atoms with Crippen LogP contribution in [-0.4, -0.2) is 20.4 Å². The van der Waals surface area contributed by atoms with E-state index in [4.69, 9.17) is 4.98 Å². The molecular weight excluding hydrogens is 398 g/mol. The summed E-state index contributed by atoms with van der Waals surface area (Å²) in [4.78, 5) is 21.3. The van der Waals surface area contributed by atoms with Crippen molar-refractivity contribution in [3.05, 3.63) is 95.1 Å². The molecule has 6 nitrogen and oxygen atoms in total. The Morgan fingerprint density at radius 2 is 2.00 bits per heavy atom. The van der Waals surface area contributed by atoms with Gasteiger partial charge in [0, 0.05) is 35.2 Å². The van der Waals surface area contributed by atoms with E-state index in [0.29, 0.717) is 16.9 Å². The minimum atomic E-state index is -0.271. The molecule has 3 aromatic heterocycles. The van der Waals surface area contributed by atoms with E-state index in [0.717, 1.165) is 29.6 Å². The SMILES string of the molecule is Cc1ccc2c(C#N)c(C=CC(=O)Nc3ccncc3)n(C3CCc4ccccc43)c2n1. The van der Waals surface area contributed by atoms with Crippen molar-refractivity contribution in [2.24, 2.45) is 0 Å². The molecule has 0 spiro atoms. The molecule has 0 radical (unpaired) electrons. The highest BCUT2D eigenvalue weighted by Gasteiger charge is 2.29. The Morgan fingerprint density at radius 3 is 2.81 bits per heavy atom. The molecule has 1 aromatic carbocycles. The predicted molar refractivity (Wildman–Crippen MR) is 124 cm³/mol. The highest BCUT2D eigenvalue weighted by Crippen LogP contribution is 2.39. The van der Waals surface area contributed by atoms with E-state index in [9.17, 15) is 10.1 Å². The van der Waals surface area contributed by atoms with Gasteiger partial charge in [-0.05, 0) is 61.2 Å². The van der Waals surface area contributed by atoms with Gasteiger partial charge in [-0.15, -0.1) is 0 Å². The van der Waals surface area contributed by atoms with Gasteiger partial charge >= 0.3 is 0 Å². The van der Waals surface area contributed by atoms with Gasteiger partial charge in [-0.2, -0.15) is 5.26 Å². The smallest absolute Gasteiger partial charge is 0.248 e. The summed E-state index contributed by atoms with van der Waals surface area (Å²) in [5.74, 6) is -0.271. The fourth-order valence-electron chi connectivity index (χ4n) is 4.47. The number of aryl methyl sites for hydroxylation is 2. The summed E-state index contributed by atoms with van der Waals surface area (Å²) in [6.45, 7) is 1.95. The van der Waals surface area contributed by atoms with Gasteiger partial charge in [0.1, 0.15) is 11.7 Å². The van der Waals surface area contributed by atoms with Crippen LogP contribution in [0.15, 0.2) is 67.0 Å². The van der Waals surface area contributed by atoms with Crippen molar-refractivity contribution in [1.82, 2.24) is 14.5 Å². The second-order valence-corrected chi connectivity index (χ2v) is 7.88. The molecule has 1 N–H and O–H groups in total. The molecule has 1 amide bonds. The third kappa shape index (κ3) is 3.44. The van der Waals surface area contributed by atoms with Crippen LogP contribution in [0, 0.1) is 18.3 Å². The number of carbonyl (C=O) groups excluding carboxylic acids is 1. The van der Waals surface area contributed by atoms with Crippen molar-refractivity contribution in [3.8, 4) is 6.07 Å². The zero-order valence-electron chi connectivity index (χ0n) is 17.6. The minimum Gasteiger partial charge on any atom is -0.322 e. The fraction of sp³-hybridized carbons (Fsp3) is 0.154. The first-order valence-electron chi connectivity index (χ1n) is 10.5. The molecule has 0 saturated carbocycles. The van der Waals surface area contributed by atoms with Crippen molar-refractivity contribution in [3.63, 3.8) is 0 Å². The Labute approximate surface area is 185 Å². The van der Waals surface area contributed by atoms with Crippen molar-refractivity contribution < 1.29 is 4.79 Å². The number of fused-ring (bicyclic) bond motifs is 2. The van der Waals surface area contributed by atoms with Crippen LogP contribution in [0.1, 0.15) is 40.5 Å². The number of nitriles is 1. The molecular formula is C26H21N5O. The monoisotopic (exact) mass is 419 g/mol. The second-order valence-electron chi connectivity index (χ2n) is 7.88. The first-order chi connectivity index (χ1) is 15.7. The summed E-state index contributed by atoms with van der Waals surface area (Å²) in [5, 5.41) is 13.6. The van der Waals surface area contributed by atoms with E-state index in [1.165, 1.54) is 17.2 Å². The van der Waals surface area contributed by atoms with Gasteiger partial charge in [0.05, 0.1) is 17.3 Å². The molecule has 4 aromatic rings. The van der Waals surface area contributed by atoms with Gasteiger partial charge < -0.3 is 9.88 Å². The van der Waals surface area contributed by atoms with Crippen LogP contribution in [-0.2, 0) is 11.2 Å². The third-order valence-corrected chi connectivity index (χ3v) is 5.89. The summed E-state index contributed by atoms with van der Waals surface area (Å²) in [7, 11) is 0. The lowest BCUT2D eigenvalue weighted by molar-refractivity contribution is -0.111. The van der Waals surface area contributed by atoms with Crippen molar-refractivity contribution >= 4 is 28.7 Å². The summed E-state index contributed by atoms with van der Waals surface area (Å²) in [6.07, 6.45) is 8.34. The fourth-order valence-corrected chi connectivity index (χ4v) is 4.47. The number of nitrogens with one attached hydrogen (secondary N) is 1. The number of hydrogen-bond acceptors (Lipinski definition) is 4. The number of pyridine rings is 2. The molecule has 1 atom stereocenters. The maximum Gasteiger partial charge on any atom is 0.248 e. The Morgan fingerprint density at radius 1 is 1.19 bits per heavy atom. The zero-order valence-corrected chi connectivity index (χ0v) is 17.6. The number of aromatic nitrogens is 3. The Balaban J connectivity index is 1.63. The lowest BCUT2D eigenvalue weighted by Gasteiger charge is -2.18. The van der Waals surface area contributed by atoms with E-state index in [1.54, 1.807) is 30.6 Å². The van der Waals surface area contributed by atoms with Crippen LogP contribution in [0.3, 0.4) is 0 Å². The minimum absolute atomic E-state index is 0.0630. The second kappa shape index (κ2) is 8.12. The standard InChI is InChI=1S/C26H21N5O/c1-17-6-8-21-22(16-27)24(10-11-25(32)30-19-12-14-28-15-13-19)31(26(21)29-17)23-9-7-18-4-2-3-5-20(18)23/h2-6,8,10-15,23H,7,9H2,1H3,(H,28,30,32). The number of carbonyl (C=O) groups is 1. The van der Waals surface area contributed by atoms with E-state index < -0.39 is 0 Å². The van der Waals surface area contributed by atoms with Crippen molar-refractivity contribution in [1.29, 1.82) is 5.26 Å². The number of rotatable bonds is 4. The van der Waals surface area contributed by atoms with E-state index in [2.05, 4.69) is 39.1 Å². The number of anilines is 1. The van der Waals surface area contributed by atoms with Gasteiger partial charge in [-0.3, -0.25) is 9.78 Å². The first kappa shape index (κ1) is 19.7. The molecule has 156 valence electrons. The number of amides is 1. The normalized spacial score (nSPS) is 15.1.